The monoisotopic (exact) mass is 418 g/mol. The molecule has 0 radical (unpaired) electrons. The summed E-state index contributed by atoms with van der Waals surface area (Å²) >= 11 is 7.69. The van der Waals surface area contributed by atoms with Gasteiger partial charge in [0.2, 0.25) is 5.91 Å². The SMILES string of the molecule is Cc1nc(CN2CCC(C(=O)N3CCN(c4ccc(Cl)cc4)CC3)CC2)cs1. The Labute approximate surface area is 175 Å². The maximum absolute atomic E-state index is 13.0. The number of likely N-dealkylation sites (tertiary alicyclic amines) is 1. The smallest absolute Gasteiger partial charge is 0.225 e. The van der Waals surface area contributed by atoms with E-state index in [0.29, 0.717) is 5.91 Å². The maximum atomic E-state index is 13.0. The van der Waals surface area contributed by atoms with Crippen LogP contribution in [0.2, 0.25) is 5.02 Å². The van der Waals surface area contributed by atoms with Crippen LogP contribution in [0.1, 0.15) is 23.5 Å². The van der Waals surface area contributed by atoms with Crippen LogP contribution in [0, 0.1) is 12.8 Å². The van der Waals surface area contributed by atoms with E-state index in [1.54, 1.807) is 11.3 Å². The van der Waals surface area contributed by atoms with Gasteiger partial charge in [-0.15, -0.1) is 11.3 Å². The molecule has 2 aromatic rings. The molecule has 0 spiro atoms. The number of hydrogen-bond donors (Lipinski definition) is 0. The number of rotatable bonds is 4. The first-order valence-corrected chi connectivity index (χ1v) is 11.3. The Kier molecular flexibility index (Phi) is 6.19. The summed E-state index contributed by atoms with van der Waals surface area (Å²) in [6, 6.07) is 7.96. The average molecular weight is 419 g/mol. The minimum absolute atomic E-state index is 0.176. The predicted molar refractivity (Wildman–Crippen MR) is 115 cm³/mol. The van der Waals surface area contributed by atoms with Gasteiger partial charge in [-0.3, -0.25) is 9.69 Å². The first kappa shape index (κ1) is 19.7. The fourth-order valence-corrected chi connectivity index (χ4v) is 4.87. The summed E-state index contributed by atoms with van der Waals surface area (Å²) in [4.78, 5) is 24.4. The summed E-state index contributed by atoms with van der Waals surface area (Å²) in [6.07, 6.45) is 1.92. The third kappa shape index (κ3) is 4.67. The van der Waals surface area contributed by atoms with Crippen LogP contribution in [0.4, 0.5) is 5.69 Å². The minimum atomic E-state index is 0.176. The zero-order chi connectivity index (χ0) is 19.5. The van der Waals surface area contributed by atoms with E-state index >= 15 is 0 Å². The van der Waals surface area contributed by atoms with Crippen LogP contribution in [0.15, 0.2) is 29.6 Å². The number of anilines is 1. The molecular weight excluding hydrogens is 392 g/mol. The van der Waals surface area contributed by atoms with Gasteiger partial charge in [-0.1, -0.05) is 11.6 Å². The number of benzene rings is 1. The van der Waals surface area contributed by atoms with Crippen LogP contribution in [0.3, 0.4) is 0 Å². The zero-order valence-electron chi connectivity index (χ0n) is 16.3. The lowest BCUT2D eigenvalue weighted by Crippen LogP contribution is -2.51. The number of carbonyl (C=O) groups is 1. The molecule has 150 valence electrons. The average Bonchev–Trinajstić information content (AvgIpc) is 3.13. The number of hydrogen-bond acceptors (Lipinski definition) is 5. The van der Waals surface area contributed by atoms with E-state index in [-0.39, 0.29) is 5.92 Å². The van der Waals surface area contributed by atoms with Crippen LogP contribution < -0.4 is 4.90 Å². The van der Waals surface area contributed by atoms with Crippen molar-refractivity contribution in [2.45, 2.75) is 26.3 Å². The van der Waals surface area contributed by atoms with Gasteiger partial charge >= 0.3 is 0 Å². The fraction of sp³-hybridized carbons (Fsp3) is 0.524. The van der Waals surface area contributed by atoms with E-state index in [4.69, 9.17) is 11.6 Å². The Morgan fingerprint density at radius 2 is 1.79 bits per heavy atom. The van der Waals surface area contributed by atoms with Gasteiger partial charge in [0.1, 0.15) is 0 Å². The summed E-state index contributed by atoms with van der Waals surface area (Å²) in [6.45, 7) is 8.30. The summed E-state index contributed by atoms with van der Waals surface area (Å²) in [5.41, 5.74) is 2.34. The Hall–Kier alpha value is -1.63. The van der Waals surface area contributed by atoms with E-state index in [1.165, 1.54) is 5.69 Å². The Bertz CT molecular complexity index is 793. The highest BCUT2D eigenvalue weighted by Gasteiger charge is 2.30. The lowest BCUT2D eigenvalue weighted by Gasteiger charge is -2.39. The summed E-state index contributed by atoms with van der Waals surface area (Å²) in [5.74, 6) is 0.524. The van der Waals surface area contributed by atoms with Gasteiger partial charge < -0.3 is 9.80 Å². The summed E-state index contributed by atoms with van der Waals surface area (Å²) < 4.78 is 0. The van der Waals surface area contributed by atoms with Crippen LogP contribution in [0.25, 0.3) is 0 Å². The van der Waals surface area contributed by atoms with Gasteiger partial charge in [-0.25, -0.2) is 4.98 Å². The zero-order valence-corrected chi connectivity index (χ0v) is 17.9. The second-order valence-corrected chi connectivity index (χ2v) is 9.20. The number of amides is 1. The van der Waals surface area contributed by atoms with Crippen molar-refractivity contribution in [2.24, 2.45) is 5.92 Å². The number of carbonyl (C=O) groups excluding carboxylic acids is 1. The van der Waals surface area contributed by atoms with Crippen molar-refractivity contribution in [1.29, 1.82) is 0 Å². The molecule has 3 heterocycles. The van der Waals surface area contributed by atoms with Crippen molar-refractivity contribution in [3.63, 3.8) is 0 Å². The van der Waals surface area contributed by atoms with E-state index in [0.717, 1.165) is 74.4 Å². The van der Waals surface area contributed by atoms with Gasteiger partial charge in [0, 0.05) is 54.7 Å². The van der Waals surface area contributed by atoms with Crippen LogP contribution >= 0.6 is 22.9 Å². The Balaban J connectivity index is 1.24. The third-order valence-electron chi connectivity index (χ3n) is 5.77. The molecule has 7 heteroatoms. The van der Waals surface area contributed by atoms with Gasteiger partial charge in [0.15, 0.2) is 0 Å². The number of thiazole rings is 1. The molecular formula is C21H27ClN4OS. The number of piperidine rings is 1. The van der Waals surface area contributed by atoms with E-state index in [9.17, 15) is 4.79 Å². The molecule has 1 amide bonds. The normalized spacial score (nSPS) is 19.2. The third-order valence-corrected chi connectivity index (χ3v) is 6.85. The molecule has 1 aromatic carbocycles. The van der Waals surface area contributed by atoms with Crippen molar-refractivity contribution in [1.82, 2.24) is 14.8 Å². The molecule has 2 fully saturated rings. The first-order chi connectivity index (χ1) is 13.6. The molecule has 0 aliphatic carbocycles. The second-order valence-electron chi connectivity index (χ2n) is 7.70. The Morgan fingerprint density at radius 3 is 2.39 bits per heavy atom. The van der Waals surface area contributed by atoms with E-state index in [1.807, 2.05) is 19.1 Å². The number of piperazine rings is 1. The van der Waals surface area contributed by atoms with Crippen LogP contribution in [0.5, 0.6) is 0 Å². The molecule has 28 heavy (non-hydrogen) atoms. The van der Waals surface area contributed by atoms with Gasteiger partial charge in [0.25, 0.3) is 0 Å². The van der Waals surface area contributed by atoms with Crippen molar-refractivity contribution >= 4 is 34.5 Å². The minimum Gasteiger partial charge on any atom is -0.368 e. The topological polar surface area (TPSA) is 39.7 Å². The number of aromatic nitrogens is 1. The summed E-state index contributed by atoms with van der Waals surface area (Å²) in [7, 11) is 0. The van der Waals surface area contributed by atoms with Gasteiger partial charge in [0.05, 0.1) is 10.7 Å². The molecule has 0 saturated carbocycles. The molecule has 0 unspecified atom stereocenters. The highest BCUT2D eigenvalue weighted by molar-refractivity contribution is 7.09. The lowest BCUT2D eigenvalue weighted by molar-refractivity contribution is -0.137. The van der Waals surface area contributed by atoms with Gasteiger partial charge in [-0.05, 0) is 57.1 Å². The Morgan fingerprint density at radius 1 is 1.11 bits per heavy atom. The molecule has 2 aliphatic heterocycles. The van der Waals surface area contributed by atoms with Crippen molar-refractivity contribution in [3.8, 4) is 0 Å². The standard InChI is InChI=1S/C21H27ClN4OS/c1-16-23-19(15-28-16)14-24-8-6-17(7-9-24)21(27)26-12-10-25(11-13-26)20-4-2-18(22)3-5-20/h2-5,15,17H,6-14H2,1H3. The number of nitrogens with zero attached hydrogens (tertiary/aromatic N) is 4. The highest BCUT2D eigenvalue weighted by Crippen LogP contribution is 2.24. The fourth-order valence-electron chi connectivity index (χ4n) is 4.14. The largest absolute Gasteiger partial charge is 0.368 e. The van der Waals surface area contributed by atoms with Crippen LogP contribution in [-0.2, 0) is 11.3 Å². The quantitative estimate of drug-likeness (QED) is 0.759. The van der Waals surface area contributed by atoms with Gasteiger partial charge in [-0.2, -0.15) is 0 Å². The number of aryl methyl sites for hydroxylation is 1. The molecule has 1 aromatic heterocycles. The van der Waals surface area contributed by atoms with Crippen LogP contribution in [-0.4, -0.2) is 60.0 Å². The molecule has 5 nitrogen and oxygen atoms in total. The second kappa shape index (κ2) is 8.80. The highest BCUT2D eigenvalue weighted by atomic mass is 35.5. The molecule has 2 aliphatic rings. The van der Waals surface area contributed by atoms with E-state index < -0.39 is 0 Å². The molecule has 0 atom stereocenters. The molecule has 0 N–H and O–H groups in total. The van der Waals surface area contributed by atoms with Crippen molar-refractivity contribution in [2.75, 3.05) is 44.2 Å². The maximum Gasteiger partial charge on any atom is 0.225 e. The molecule has 2 saturated heterocycles. The number of halogens is 1. The van der Waals surface area contributed by atoms with E-state index in [2.05, 4.69) is 37.2 Å². The molecule has 4 rings (SSSR count). The lowest BCUT2D eigenvalue weighted by atomic mass is 9.95. The summed E-state index contributed by atoms with van der Waals surface area (Å²) in [5, 5.41) is 4.03. The molecule has 0 bridgehead atoms. The van der Waals surface area contributed by atoms with Crippen molar-refractivity contribution < 1.29 is 4.79 Å². The van der Waals surface area contributed by atoms with Crippen molar-refractivity contribution in [3.05, 3.63) is 45.4 Å². The first-order valence-electron chi connectivity index (χ1n) is 10.0. The predicted octanol–water partition coefficient (Wildman–Crippen LogP) is 3.67.